The molecule has 4 aromatic carbocycles. The van der Waals surface area contributed by atoms with E-state index in [1.807, 2.05) is 12.1 Å². The summed E-state index contributed by atoms with van der Waals surface area (Å²) in [4.78, 5) is 33.4. The molecule has 0 spiro atoms. The van der Waals surface area contributed by atoms with Crippen molar-refractivity contribution < 1.29 is 63.6 Å². The minimum atomic E-state index is -4.07. The number of fused-ring (bicyclic) bond motifs is 2. The number of carbonyl (C=O) groups excluding carboxylic acids is 2. The number of likely N-dealkylation sites (tertiary alicyclic amines) is 2. The number of unbranched alkanes of at least 4 members (excludes halogenated alkanes) is 2. The summed E-state index contributed by atoms with van der Waals surface area (Å²) in [7, 11) is 0.381. The number of sulfonamides is 1. The van der Waals surface area contributed by atoms with Gasteiger partial charge >= 0.3 is 6.03 Å². The number of rotatable bonds is 37. The quantitative estimate of drug-likeness (QED) is 0.0359. The van der Waals surface area contributed by atoms with Gasteiger partial charge in [-0.05, 0) is 177 Å². The van der Waals surface area contributed by atoms with E-state index in [4.69, 9.17) is 74.8 Å². The number of ether oxygens (including phenoxy) is 6. The van der Waals surface area contributed by atoms with Crippen molar-refractivity contribution in [2.45, 2.75) is 130 Å². The zero-order chi connectivity index (χ0) is 66.0. The van der Waals surface area contributed by atoms with Gasteiger partial charge in [-0.2, -0.15) is 0 Å². The second-order valence-corrected chi connectivity index (χ2v) is 29.9. The molecule has 4 aliphatic rings. The van der Waals surface area contributed by atoms with Crippen LogP contribution in [0.4, 0.5) is 13.6 Å². The molecule has 8 rings (SSSR count). The van der Waals surface area contributed by atoms with Gasteiger partial charge in [-0.25, -0.2) is 35.1 Å². The van der Waals surface area contributed by atoms with Crippen molar-refractivity contribution >= 4 is 78.1 Å². The molecule has 0 bridgehead atoms. The fraction of sp³-hybridized carbons (Fsp3) is 0.600. The highest BCUT2D eigenvalue weighted by Gasteiger charge is 2.43. The van der Waals surface area contributed by atoms with Crippen molar-refractivity contribution in [2.24, 2.45) is 0 Å². The predicted octanol–water partition coefficient (Wildman–Crippen LogP) is 10.1. The molecule has 510 valence electrons. The number of sulfone groups is 1. The summed E-state index contributed by atoms with van der Waals surface area (Å²) in [6, 6.07) is 14.6. The molecule has 3 N–H and O–H groups in total. The maximum atomic E-state index is 15.7. The first kappa shape index (κ1) is 73.8. The van der Waals surface area contributed by atoms with Crippen molar-refractivity contribution in [3.8, 4) is 11.5 Å². The molecule has 2 aliphatic carbocycles. The van der Waals surface area contributed by atoms with Crippen molar-refractivity contribution in [3.63, 3.8) is 0 Å². The molecule has 19 nitrogen and oxygen atoms in total. The lowest BCUT2D eigenvalue weighted by molar-refractivity contribution is -0.119. The lowest BCUT2D eigenvalue weighted by atomic mass is 10.0. The highest BCUT2D eigenvalue weighted by Crippen LogP contribution is 2.46. The van der Waals surface area contributed by atoms with E-state index in [0.717, 1.165) is 92.7 Å². The van der Waals surface area contributed by atoms with Crippen LogP contribution >= 0.6 is 46.4 Å². The molecule has 2 heterocycles. The zero-order valence-electron chi connectivity index (χ0n) is 53.0. The summed E-state index contributed by atoms with van der Waals surface area (Å²) in [5.41, 5.74) is 3.43. The maximum Gasteiger partial charge on any atom is 0.314 e. The molecule has 0 saturated carbocycles. The molecule has 0 unspecified atom stereocenters. The number of hydrogen-bond acceptors (Lipinski definition) is 16. The van der Waals surface area contributed by atoms with Crippen LogP contribution in [0.15, 0.2) is 70.5 Å². The van der Waals surface area contributed by atoms with Crippen LogP contribution in [-0.2, 0) is 56.4 Å². The third kappa shape index (κ3) is 21.2. The molecular weight excluding hydrogens is 1310 g/mol. The fourth-order valence-corrected chi connectivity index (χ4v) is 15.9. The first-order chi connectivity index (χ1) is 44.1. The fourth-order valence-electron chi connectivity index (χ4n) is 12.4. The molecule has 27 heteroatoms. The zero-order valence-corrected chi connectivity index (χ0v) is 57.7. The third-order valence-electron chi connectivity index (χ3n) is 17.4. The van der Waals surface area contributed by atoms with Gasteiger partial charge < -0.3 is 48.9 Å². The minimum Gasteiger partial charge on any atom is -0.481 e. The second-order valence-electron chi connectivity index (χ2n) is 24.4. The number of nitrogens with zero attached hydrogens (tertiary/aromatic N) is 4. The highest BCUT2D eigenvalue weighted by molar-refractivity contribution is 7.91. The SMILES string of the molecule is CN(C)[C@@H]1CCCN([C@H]2Cc3c(Cl)cc(Cl)cc3[C@@H]2Oc2ccc(S(=O)(=O)CCCOCCOCCNC(=O)NCCCCCC(=O)CCCOCCOCCNS(=O)(=O)c3ccc(O[C@H]4c5cc(Cl)cc(Cl)c5C[C@@H]4N4CCC[C@@H](N(C)C)C4)c(F)c3)cc2F)C1. The van der Waals surface area contributed by atoms with Crippen LogP contribution in [-0.4, -0.2) is 205 Å². The van der Waals surface area contributed by atoms with Crippen molar-refractivity contribution in [2.75, 3.05) is 133 Å². The Morgan fingerprint density at radius 1 is 0.565 bits per heavy atom. The number of likely N-dealkylation sites (N-methyl/N-ethyl adjacent to an activating group) is 2. The molecular formula is C65H89Cl4F2N7O12S2. The summed E-state index contributed by atoms with van der Waals surface area (Å²) in [5, 5.41) is 7.50. The van der Waals surface area contributed by atoms with Crippen LogP contribution in [0.25, 0.3) is 0 Å². The predicted molar refractivity (Wildman–Crippen MR) is 353 cm³/mol. The van der Waals surface area contributed by atoms with Crippen molar-refractivity contribution in [3.05, 3.63) is 115 Å². The first-order valence-corrected chi connectivity index (χ1v) is 36.5. The Kier molecular flexibility index (Phi) is 28.7. The van der Waals surface area contributed by atoms with E-state index in [-0.39, 0.29) is 117 Å². The van der Waals surface area contributed by atoms with E-state index in [1.54, 1.807) is 12.1 Å². The average Bonchev–Trinajstić information content (AvgIpc) is 1.62. The van der Waals surface area contributed by atoms with Crippen LogP contribution in [0.5, 0.6) is 11.5 Å². The molecule has 2 saturated heterocycles. The van der Waals surface area contributed by atoms with E-state index >= 15 is 8.78 Å². The van der Waals surface area contributed by atoms with Crippen molar-refractivity contribution in [1.29, 1.82) is 0 Å². The van der Waals surface area contributed by atoms with Crippen LogP contribution in [0.3, 0.4) is 0 Å². The molecule has 0 aromatic heterocycles. The molecule has 6 atom stereocenters. The maximum absolute atomic E-state index is 15.7. The topological polar surface area (TPSA) is 207 Å². The Morgan fingerprint density at radius 3 is 1.58 bits per heavy atom. The number of ketones is 1. The van der Waals surface area contributed by atoms with Gasteiger partial charge in [0.25, 0.3) is 0 Å². The Hall–Kier alpha value is -4.02. The number of halogens is 6. The first-order valence-electron chi connectivity index (χ1n) is 31.8. The second kappa shape index (κ2) is 35.8. The molecule has 2 fully saturated rings. The molecule has 2 amide bonds. The van der Waals surface area contributed by atoms with Crippen LogP contribution in [0.2, 0.25) is 20.1 Å². The number of nitrogens with one attached hydrogen (secondary N) is 3. The van der Waals surface area contributed by atoms with Crippen LogP contribution in [0.1, 0.15) is 105 Å². The number of piperidine rings is 2. The summed E-state index contributed by atoms with van der Waals surface area (Å²) < 4.78 is 122. The summed E-state index contributed by atoms with van der Waals surface area (Å²) in [5.74, 6) is -1.83. The molecule has 0 radical (unpaired) electrons. The number of amides is 2. The van der Waals surface area contributed by atoms with Gasteiger partial charge in [0.05, 0.1) is 67.3 Å². The third-order valence-corrected chi connectivity index (χ3v) is 21.8. The monoisotopic (exact) mass is 1400 g/mol. The summed E-state index contributed by atoms with van der Waals surface area (Å²) in [6.07, 6.45) is 8.01. The minimum absolute atomic E-state index is 0.0446. The Bertz CT molecular complexity index is 3110. The van der Waals surface area contributed by atoms with Gasteiger partial charge in [-0.3, -0.25) is 14.6 Å². The van der Waals surface area contributed by atoms with E-state index in [1.165, 1.54) is 24.3 Å². The van der Waals surface area contributed by atoms with Gasteiger partial charge in [-0.15, -0.1) is 0 Å². The summed E-state index contributed by atoms with van der Waals surface area (Å²) >= 11 is 26.2. The summed E-state index contributed by atoms with van der Waals surface area (Å²) in [6.45, 7) is 5.82. The van der Waals surface area contributed by atoms with Gasteiger partial charge in [0.15, 0.2) is 33.0 Å². The number of benzene rings is 4. The lowest BCUT2D eigenvalue weighted by Crippen LogP contribution is -2.51. The standard InChI is InChI=1S/C65H89Cl4F2N7O12S2/c1-75(2)46-12-8-23-77(42-46)59-40-51-53(34-44(66)36-55(51)68)63(59)89-61-18-16-49(38-57(61)70)91(81,82)33-11-26-86-30-31-87-27-21-73-65(80)72-20-7-5-6-14-48(79)15-10-25-85-29-32-88-28-22-74-92(83,84)50-17-19-62(58(71)39-50)90-64-54-35-45(67)37-56(69)52(54)41-60(64)78-24-9-13-47(43-78)76(3)4/h16-19,34-39,46-47,59-60,63-64,74H,5-15,20-33,40-43H2,1-4H3,(H2,72,73,80)/t46-,47-,59+,60+,63+,64+/m1/s1. The van der Waals surface area contributed by atoms with Gasteiger partial charge in [0.2, 0.25) is 10.0 Å². The van der Waals surface area contributed by atoms with Crippen molar-refractivity contribution in [1.82, 2.24) is 35.0 Å². The lowest BCUT2D eigenvalue weighted by Gasteiger charge is -2.41. The molecule has 92 heavy (non-hydrogen) atoms. The van der Waals surface area contributed by atoms with E-state index in [0.29, 0.717) is 90.3 Å². The van der Waals surface area contributed by atoms with Gasteiger partial charge in [0, 0.05) is 102 Å². The Morgan fingerprint density at radius 2 is 1.04 bits per heavy atom. The number of hydrogen-bond donors (Lipinski definition) is 3. The van der Waals surface area contributed by atoms with E-state index in [2.05, 4.69) is 63.1 Å². The highest BCUT2D eigenvalue weighted by atomic mass is 35.5. The van der Waals surface area contributed by atoms with Crippen LogP contribution in [0, 0.1) is 11.6 Å². The average molecular weight is 1400 g/mol. The molecule has 2 aliphatic heterocycles. The van der Waals surface area contributed by atoms with E-state index < -0.39 is 43.7 Å². The number of Topliss-reactive ketones (excluding diaryl/α,β-unsaturated/α-hetero) is 1. The Balaban J connectivity index is 0.599. The van der Waals surface area contributed by atoms with E-state index in [9.17, 15) is 26.4 Å². The Labute approximate surface area is 561 Å². The van der Waals surface area contributed by atoms with Gasteiger partial charge in [0.1, 0.15) is 18.0 Å². The largest absolute Gasteiger partial charge is 0.481 e. The molecule has 4 aromatic rings. The smallest absolute Gasteiger partial charge is 0.314 e. The van der Waals surface area contributed by atoms with Gasteiger partial charge in [-0.1, -0.05) is 52.8 Å². The van der Waals surface area contributed by atoms with Crippen LogP contribution < -0.4 is 24.8 Å². The number of urea groups is 1. The number of carbonyl (C=O) groups is 2. The normalized spacial score (nSPS) is 20.4.